The van der Waals surface area contributed by atoms with Gasteiger partial charge in [0.1, 0.15) is 11.2 Å². The van der Waals surface area contributed by atoms with Gasteiger partial charge in [-0.2, -0.15) is 0 Å². The molecule has 144 valence electrons. The molecule has 0 fully saturated rings. The first-order chi connectivity index (χ1) is 13.6. The van der Waals surface area contributed by atoms with Crippen molar-refractivity contribution in [2.75, 3.05) is 28.4 Å². The molecule has 0 saturated heterocycles. The van der Waals surface area contributed by atoms with Crippen LogP contribution in [0.15, 0.2) is 50.2 Å². The Morgan fingerprint density at radius 1 is 0.786 bits per heavy atom. The highest BCUT2D eigenvalue weighted by Gasteiger charge is 2.22. The molecule has 2 aromatic heterocycles. The molecule has 7 nitrogen and oxygen atoms in total. The second-order valence-electron chi connectivity index (χ2n) is 5.98. The molecular weight excluding hydrogens is 364 g/mol. The van der Waals surface area contributed by atoms with Gasteiger partial charge in [0.05, 0.1) is 45.5 Å². The van der Waals surface area contributed by atoms with Crippen molar-refractivity contribution in [1.82, 2.24) is 0 Å². The van der Waals surface area contributed by atoms with Gasteiger partial charge in [-0.25, -0.2) is 0 Å². The molecule has 0 spiro atoms. The predicted molar refractivity (Wildman–Crippen MR) is 104 cm³/mol. The van der Waals surface area contributed by atoms with Crippen molar-refractivity contribution in [3.05, 3.63) is 46.8 Å². The monoisotopic (exact) mass is 382 g/mol. The smallest absolute Gasteiger partial charge is 0.235 e. The molecule has 0 atom stereocenters. The van der Waals surface area contributed by atoms with Crippen molar-refractivity contribution >= 4 is 21.9 Å². The van der Waals surface area contributed by atoms with Gasteiger partial charge in [-0.15, -0.1) is 0 Å². The van der Waals surface area contributed by atoms with Gasteiger partial charge in [0.2, 0.25) is 16.9 Å². The summed E-state index contributed by atoms with van der Waals surface area (Å²) in [6, 6.07) is 8.54. The summed E-state index contributed by atoms with van der Waals surface area (Å²) in [5, 5.41) is 1.10. The molecule has 0 unspecified atom stereocenters. The Morgan fingerprint density at radius 3 is 2.07 bits per heavy atom. The van der Waals surface area contributed by atoms with Crippen LogP contribution in [-0.2, 0) is 0 Å². The Balaban J connectivity index is 2.09. The molecule has 0 saturated carbocycles. The molecule has 4 aromatic rings. The van der Waals surface area contributed by atoms with Gasteiger partial charge in [-0.05, 0) is 30.3 Å². The zero-order valence-electron chi connectivity index (χ0n) is 15.8. The van der Waals surface area contributed by atoms with E-state index in [1.54, 1.807) is 36.6 Å². The minimum Gasteiger partial charge on any atom is -0.493 e. The lowest BCUT2D eigenvalue weighted by Gasteiger charge is -2.15. The van der Waals surface area contributed by atoms with Crippen LogP contribution in [0.1, 0.15) is 0 Å². The number of hydrogen-bond donors (Lipinski definition) is 0. The van der Waals surface area contributed by atoms with E-state index >= 15 is 0 Å². The summed E-state index contributed by atoms with van der Waals surface area (Å²) in [7, 11) is 5.98. The highest BCUT2D eigenvalue weighted by Crippen LogP contribution is 2.43. The first-order valence-corrected chi connectivity index (χ1v) is 8.44. The van der Waals surface area contributed by atoms with E-state index in [0.29, 0.717) is 44.8 Å². The topological polar surface area (TPSA) is 80.3 Å². The van der Waals surface area contributed by atoms with Crippen molar-refractivity contribution in [1.29, 1.82) is 0 Å². The molecule has 0 amide bonds. The van der Waals surface area contributed by atoms with Crippen molar-refractivity contribution in [2.24, 2.45) is 0 Å². The van der Waals surface area contributed by atoms with Crippen LogP contribution in [-0.4, -0.2) is 28.4 Å². The molecule has 4 rings (SSSR count). The summed E-state index contributed by atoms with van der Waals surface area (Å²) in [5.41, 5.74) is 1.30. The normalized spacial score (nSPS) is 11.0. The van der Waals surface area contributed by atoms with Crippen LogP contribution in [0.2, 0.25) is 0 Å². The highest BCUT2D eigenvalue weighted by molar-refractivity contribution is 6.02. The Kier molecular flexibility index (Phi) is 4.35. The Labute approximate surface area is 160 Å². The summed E-state index contributed by atoms with van der Waals surface area (Å²) >= 11 is 0. The van der Waals surface area contributed by atoms with Crippen molar-refractivity contribution < 1.29 is 27.8 Å². The van der Waals surface area contributed by atoms with Crippen molar-refractivity contribution in [3.63, 3.8) is 0 Å². The van der Waals surface area contributed by atoms with E-state index in [9.17, 15) is 4.79 Å². The summed E-state index contributed by atoms with van der Waals surface area (Å²) in [5.74, 6) is 1.65. The molecule has 0 aliphatic carbocycles. The third-order valence-corrected chi connectivity index (χ3v) is 4.58. The van der Waals surface area contributed by atoms with Gasteiger partial charge in [-0.1, -0.05) is 0 Å². The maximum atomic E-state index is 13.0. The molecule has 2 aromatic carbocycles. The average Bonchev–Trinajstić information content (AvgIpc) is 3.21. The highest BCUT2D eigenvalue weighted by atomic mass is 16.5. The van der Waals surface area contributed by atoms with Gasteiger partial charge < -0.3 is 27.8 Å². The van der Waals surface area contributed by atoms with E-state index in [1.165, 1.54) is 28.4 Å². The van der Waals surface area contributed by atoms with Crippen LogP contribution < -0.4 is 24.4 Å². The fourth-order valence-electron chi connectivity index (χ4n) is 3.27. The molecule has 28 heavy (non-hydrogen) atoms. The van der Waals surface area contributed by atoms with E-state index in [0.717, 1.165) is 0 Å². The minimum atomic E-state index is -0.282. The van der Waals surface area contributed by atoms with Crippen LogP contribution in [0.3, 0.4) is 0 Å². The summed E-state index contributed by atoms with van der Waals surface area (Å²) in [6.07, 6.45) is 1.55. The standard InChI is InChI=1S/C21H18O7/c1-23-15-9-11(10-16(24-2)20(15)25-3)18-21(26-4)17(22)13-5-6-14-12(7-8-27-14)19(13)28-18/h5-10H,1-4H3. The maximum Gasteiger partial charge on any atom is 0.235 e. The lowest BCUT2D eigenvalue weighted by molar-refractivity contribution is 0.324. The average molecular weight is 382 g/mol. The zero-order chi connectivity index (χ0) is 19.8. The maximum absolute atomic E-state index is 13.0. The van der Waals surface area contributed by atoms with Crippen LogP contribution >= 0.6 is 0 Å². The van der Waals surface area contributed by atoms with Crippen LogP contribution in [0.25, 0.3) is 33.3 Å². The number of rotatable bonds is 5. The zero-order valence-corrected chi connectivity index (χ0v) is 15.8. The number of furan rings is 1. The number of ether oxygens (including phenoxy) is 4. The van der Waals surface area contributed by atoms with E-state index in [2.05, 4.69) is 0 Å². The largest absolute Gasteiger partial charge is 0.493 e. The number of benzene rings is 2. The second kappa shape index (κ2) is 6.84. The quantitative estimate of drug-likeness (QED) is 0.511. The summed E-state index contributed by atoms with van der Waals surface area (Å²) in [6.45, 7) is 0. The van der Waals surface area contributed by atoms with Gasteiger partial charge >= 0.3 is 0 Å². The van der Waals surface area contributed by atoms with Crippen LogP contribution in [0, 0.1) is 0 Å². The number of hydrogen-bond acceptors (Lipinski definition) is 7. The van der Waals surface area contributed by atoms with E-state index in [-0.39, 0.29) is 16.9 Å². The third kappa shape index (κ3) is 2.55. The molecular formula is C21H18O7. The van der Waals surface area contributed by atoms with Gasteiger partial charge in [0, 0.05) is 5.56 Å². The van der Waals surface area contributed by atoms with Crippen molar-refractivity contribution in [2.45, 2.75) is 0 Å². The summed E-state index contributed by atoms with van der Waals surface area (Å²) < 4.78 is 33.2. The molecule has 0 aliphatic heterocycles. The molecule has 0 radical (unpaired) electrons. The Bertz CT molecular complexity index is 1210. The molecule has 2 heterocycles. The SMILES string of the molecule is COc1cc(-c2oc3c(ccc4occc43)c(=O)c2OC)cc(OC)c1OC. The first kappa shape index (κ1) is 17.8. The first-order valence-electron chi connectivity index (χ1n) is 8.44. The second-order valence-corrected chi connectivity index (χ2v) is 5.98. The van der Waals surface area contributed by atoms with Crippen LogP contribution in [0.4, 0.5) is 0 Å². The predicted octanol–water partition coefficient (Wildman–Crippen LogP) is 4.24. The van der Waals surface area contributed by atoms with E-state index in [4.69, 9.17) is 27.8 Å². The molecule has 0 N–H and O–H groups in total. The summed E-state index contributed by atoms with van der Waals surface area (Å²) in [4.78, 5) is 13.0. The van der Waals surface area contributed by atoms with Crippen molar-refractivity contribution in [3.8, 4) is 34.3 Å². The lowest BCUT2D eigenvalue weighted by Crippen LogP contribution is -2.08. The lowest BCUT2D eigenvalue weighted by atomic mass is 10.1. The molecule has 0 aliphatic rings. The van der Waals surface area contributed by atoms with Crippen LogP contribution in [0.5, 0.6) is 23.0 Å². The Hall–Kier alpha value is -3.61. The Morgan fingerprint density at radius 2 is 1.46 bits per heavy atom. The van der Waals surface area contributed by atoms with Gasteiger partial charge in [0.15, 0.2) is 17.3 Å². The van der Waals surface area contributed by atoms with Gasteiger partial charge in [-0.3, -0.25) is 4.79 Å². The number of methoxy groups -OCH3 is 4. The number of fused-ring (bicyclic) bond motifs is 3. The molecule has 7 heteroatoms. The van der Waals surface area contributed by atoms with E-state index in [1.807, 2.05) is 0 Å². The van der Waals surface area contributed by atoms with E-state index < -0.39 is 0 Å². The fraction of sp³-hybridized carbons (Fsp3) is 0.190. The minimum absolute atomic E-state index is 0.0876. The molecule has 0 bridgehead atoms. The van der Waals surface area contributed by atoms with Gasteiger partial charge in [0.25, 0.3) is 0 Å². The third-order valence-electron chi connectivity index (χ3n) is 4.58. The fourth-order valence-corrected chi connectivity index (χ4v) is 3.27.